The standard InChI is InChI=1S/C14H27NO/c1-2-13(10-12-6-7-12)15-11-14(16)8-4-3-5-9-14/h12-13,15-16H,2-11H2,1H3. The normalized spacial score (nSPS) is 26.6. The average Bonchev–Trinajstić information content (AvgIpc) is 3.09. The first-order chi connectivity index (χ1) is 7.72. The van der Waals surface area contributed by atoms with Crippen molar-refractivity contribution in [2.24, 2.45) is 5.92 Å². The zero-order valence-corrected chi connectivity index (χ0v) is 10.7. The molecule has 0 saturated heterocycles. The monoisotopic (exact) mass is 225 g/mol. The summed E-state index contributed by atoms with van der Waals surface area (Å²) in [6, 6.07) is 0.637. The summed E-state index contributed by atoms with van der Waals surface area (Å²) in [6.45, 7) is 3.07. The second-order valence-electron chi connectivity index (χ2n) is 5.95. The van der Waals surface area contributed by atoms with Gasteiger partial charge in [0.15, 0.2) is 0 Å². The Balaban J connectivity index is 1.70. The molecule has 2 saturated carbocycles. The summed E-state index contributed by atoms with van der Waals surface area (Å²) in [5, 5.41) is 14.0. The molecule has 0 amide bonds. The maximum Gasteiger partial charge on any atom is 0.0771 e. The van der Waals surface area contributed by atoms with Gasteiger partial charge in [-0.05, 0) is 31.6 Å². The number of hydrogen-bond acceptors (Lipinski definition) is 2. The van der Waals surface area contributed by atoms with E-state index in [2.05, 4.69) is 12.2 Å². The molecule has 0 radical (unpaired) electrons. The summed E-state index contributed by atoms with van der Waals surface area (Å²) in [4.78, 5) is 0. The van der Waals surface area contributed by atoms with Gasteiger partial charge in [0.05, 0.1) is 5.60 Å². The molecule has 2 N–H and O–H groups in total. The summed E-state index contributed by atoms with van der Waals surface area (Å²) in [7, 11) is 0. The van der Waals surface area contributed by atoms with Gasteiger partial charge in [0.25, 0.3) is 0 Å². The van der Waals surface area contributed by atoms with Crippen LogP contribution in [0.2, 0.25) is 0 Å². The highest BCUT2D eigenvalue weighted by Gasteiger charge is 2.30. The van der Waals surface area contributed by atoms with E-state index in [1.54, 1.807) is 0 Å². The molecule has 0 aromatic carbocycles. The third-order valence-corrected chi connectivity index (χ3v) is 4.31. The molecular formula is C14H27NO. The maximum absolute atomic E-state index is 10.4. The first kappa shape index (κ1) is 12.4. The van der Waals surface area contributed by atoms with E-state index in [1.807, 2.05) is 0 Å². The van der Waals surface area contributed by atoms with E-state index in [9.17, 15) is 5.11 Å². The molecule has 1 unspecified atom stereocenters. The number of rotatable bonds is 6. The first-order valence-corrected chi connectivity index (χ1v) is 7.17. The predicted octanol–water partition coefficient (Wildman–Crippen LogP) is 2.85. The maximum atomic E-state index is 10.4. The Bertz CT molecular complexity index is 207. The second kappa shape index (κ2) is 5.50. The van der Waals surface area contributed by atoms with Crippen LogP contribution in [0.15, 0.2) is 0 Å². The van der Waals surface area contributed by atoms with Gasteiger partial charge >= 0.3 is 0 Å². The Kier molecular flexibility index (Phi) is 4.26. The third-order valence-electron chi connectivity index (χ3n) is 4.31. The van der Waals surface area contributed by atoms with Crippen molar-refractivity contribution in [2.45, 2.75) is 76.4 Å². The van der Waals surface area contributed by atoms with Gasteiger partial charge in [-0.2, -0.15) is 0 Å². The van der Waals surface area contributed by atoms with Gasteiger partial charge < -0.3 is 10.4 Å². The van der Waals surface area contributed by atoms with Crippen molar-refractivity contribution in [3.63, 3.8) is 0 Å². The smallest absolute Gasteiger partial charge is 0.0771 e. The molecule has 2 rings (SSSR count). The lowest BCUT2D eigenvalue weighted by molar-refractivity contribution is 0.00219. The minimum atomic E-state index is -0.394. The molecule has 2 heteroatoms. The Morgan fingerprint density at radius 3 is 2.50 bits per heavy atom. The fourth-order valence-corrected chi connectivity index (χ4v) is 2.87. The van der Waals surface area contributed by atoms with Crippen LogP contribution >= 0.6 is 0 Å². The van der Waals surface area contributed by atoms with Crippen molar-refractivity contribution in [1.29, 1.82) is 0 Å². The molecule has 0 heterocycles. The Hall–Kier alpha value is -0.0800. The lowest BCUT2D eigenvalue weighted by Crippen LogP contribution is -2.45. The van der Waals surface area contributed by atoms with Gasteiger partial charge in [-0.25, -0.2) is 0 Å². The number of hydrogen-bond donors (Lipinski definition) is 2. The van der Waals surface area contributed by atoms with Crippen LogP contribution in [0.4, 0.5) is 0 Å². The lowest BCUT2D eigenvalue weighted by Gasteiger charge is -2.33. The number of aliphatic hydroxyl groups is 1. The van der Waals surface area contributed by atoms with E-state index in [0.717, 1.165) is 25.3 Å². The summed E-state index contributed by atoms with van der Waals surface area (Å²) in [6.07, 6.45) is 11.1. The molecule has 2 fully saturated rings. The fourth-order valence-electron chi connectivity index (χ4n) is 2.87. The van der Waals surface area contributed by atoms with E-state index < -0.39 is 5.60 Å². The van der Waals surface area contributed by atoms with Crippen LogP contribution in [0.5, 0.6) is 0 Å². The fraction of sp³-hybridized carbons (Fsp3) is 1.00. The minimum absolute atomic E-state index is 0.394. The van der Waals surface area contributed by atoms with Crippen LogP contribution in [0.3, 0.4) is 0 Å². The molecule has 0 bridgehead atoms. The molecule has 0 aliphatic heterocycles. The van der Waals surface area contributed by atoms with Crippen molar-refractivity contribution in [1.82, 2.24) is 5.32 Å². The highest BCUT2D eigenvalue weighted by atomic mass is 16.3. The van der Waals surface area contributed by atoms with Crippen LogP contribution in [0.1, 0.15) is 64.7 Å². The lowest BCUT2D eigenvalue weighted by atomic mass is 9.84. The molecule has 0 spiro atoms. The van der Waals surface area contributed by atoms with Crippen molar-refractivity contribution in [3.8, 4) is 0 Å². The highest BCUT2D eigenvalue weighted by molar-refractivity contribution is 4.87. The zero-order chi connectivity index (χ0) is 11.4. The van der Waals surface area contributed by atoms with Crippen molar-refractivity contribution < 1.29 is 5.11 Å². The predicted molar refractivity (Wildman–Crippen MR) is 67.5 cm³/mol. The van der Waals surface area contributed by atoms with Crippen LogP contribution in [-0.4, -0.2) is 23.3 Å². The third kappa shape index (κ3) is 3.74. The Morgan fingerprint density at radius 1 is 1.25 bits per heavy atom. The van der Waals surface area contributed by atoms with Crippen LogP contribution in [-0.2, 0) is 0 Å². The zero-order valence-electron chi connectivity index (χ0n) is 10.7. The summed E-state index contributed by atoms with van der Waals surface area (Å²) >= 11 is 0. The van der Waals surface area contributed by atoms with Gasteiger partial charge in [0.1, 0.15) is 0 Å². The molecule has 16 heavy (non-hydrogen) atoms. The van der Waals surface area contributed by atoms with E-state index in [4.69, 9.17) is 0 Å². The van der Waals surface area contributed by atoms with E-state index in [-0.39, 0.29) is 0 Å². The molecule has 2 nitrogen and oxygen atoms in total. The van der Waals surface area contributed by atoms with Crippen molar-refractivity contribution >= 4 is 0 Å². The van der Waals surface area contributed by atoms with E-state index >= 15 is 0 Å². The Morgan fingerprint density at radius 2 is 1.94 bits per heavy atom. The van der Waals surface area contributed by atoms with E-state index in [1.165, 1.54) is 44.9 Å². The van der Waals surface area contributed by atoms with Gasteiger partial charge in [0, 0.05) is 12.6 Å². The summed E-state index contributed by atoms with van der Waals surface area (Å²) in [5.41, 5.74) is -0.394. The quantitative estimate of drug-likeness (QED) is 0.728. The molecular weight excluding hydrogens is 198 g/mol. The second-order valence-corrected chi connectivity index (χ2v) is 5.95. The summed E-state index contributed by atoms with van der Waals surface area (Å²) in [5.74, 6) is 0.985. The topological polar surface area (TPSA) is 32.3 Å². The minimum Gasteiger partial charge on any atom is -0.389 e. The van der Waals surface area contributed by atoms with E-state index in [0.29, 0.717) is 6.04 Å². The molecule has 2 aliphatic rings. The van der Waals surface area contributed by atoms with Gasteiger partial charge in [0.2, 0.25) is 0 Å². The number of nitrogens with one attached hydrogen (secondary N) is 1. The van der Waals surface area contributed by atoms with Gasteiger partial charge in [-0.3, -0.25) is 0 Å². The van der Waals surface area contributed by atoms with Gasteiger partial charge in [-0.1, -0.05) is 39.0 Å². The molecule has 1 atom stereocenters. The van der Waals surface area contributed by atoms with Crippen LogP contribution in [0.25, 0.3) is 0 Å². The van der Waals surface area contributed by atoms with Crippen LogP contribution < -0.4 is 5.32 Å². The van der Waals surface area contributed by atoms with Gasteiger partial charge in [-0.15, -0.1) is 0 Å². The molecule has 0 aromatic heterocycles. The highest BCUT2D eigenvalue weighted by Crippen LogP contribution is 2.34. The molecule has 2 aliphatic carbocycles. The first-order valence-electron chi connectivity index (χ1n) is 7.17. The van der Waals surface area contributed by atoms with Crippen LogP contribution in [0, 0.1) is 5.92 Å². The van der Waals surface area contributed by atoms with Crippen molar-refractivity contribution in [2.75, 3.05) is 6.54 Å². The largest absolute Gasteiger partial charge is 0.389 e. The van der Waals surface area contributed by atoms with Crippen molar-refractivity contribution in [3.05, 3.63) is 0 Å². The summed E-state index contributed by atoms with van der Waals surface area (Å²) < 4.78 is 0. The molecule has 0 aromatic rings. The average molecular weight is 225 g/mol. The Labute approximate surface area is 99.8 Å². The molecule has 94 valence electrons. The SMILES string of the molecule is CCC(CC1CC1)NCC1(O)CCCCC1.